The molecule has 0 aromatic heterocycles. The van der Waals surface area contributed by atoms with E-state index in [0.717, 1.165) is 12.4 Å². The van der Waals surface area contributed by atoms with Gasteiger partial charge in [-0.25, -0.2) is 0 Å². The molecule has 2 nitrogen and oxygen atoms in total. The maximum absolute atomic E-state index is 4.66. The van der Waals surface area contributed by atoms with Crippen LogP contribution in [0.2, 0.25) is 0 Å². The van der Waals surface area contributed by atoms with Gasteiger partial charge < -0.3 is 0 Å². The van der Waals surface area contributed by atoms with Crippen molar-refractivity contribution in [2.24, 2.45) is 0 Å². The summed E-state index contributed by atoms with van der Waals surface area (Å²) in [7, 11) is 0. The zero-order valence-electron chi connectivity index (χ0n) is 2.73. The van der Waals surface area contributed by atoms with Crippen molar-refractivity contribution in [3.63, 3.8) is 0 Å². The van der Waals surface area contributed by atoms with E-state index in [1.807, 2.05) is 0 Å². The fraction of sp³-hybridized carbons (Fsp3) is 1.00. The molecule has 0 bridgehead atoms. The molecule has 0 amide bonds. The van der Waals surface area contributed by atoms with Gasteiger partial charge in [-0.2, -0.15) is 0 Å². The molecular weight excluding hydrogens is 86.1 g/mol. The largest absolute Gasteiger partial charge is 0.290 e. The van der Waals surface area contributed by atoms with Crippen LogP contribution in [-0.4, -0.2) is 12.4 Å². The topological polar surface area (TPSA) is 21.3 Å². The molecule has 0 spiro atoms. The van der Waals surface area contributed by atoms with Crippen molar-refractivity contribution in [2.45, 2.75) is 0 Å². The molecule has 0 radical (unpaired) electrons. The Morgan fingerprint density at radius 3 is 3.00 bits per heavy atom. The van der Waals surface area contributed by atoms with Gasteiger partial charge in [0.15, 0.2) is 0 Å². The van der Waals surface area contributed by atoms with Gasteiger partial charge in [-0.05, 0) is 0 Å². The molecule has 0 atom stereocenters. The molecule has 1 rings (SSSR count). The lowest BCUT2D eigenvalue weighted by Crippen LogP contribution is -1.91. The summed E-state index contributed by atoms with van der Waals surface area (Å²) in [6.07, 6.45) is 0. The number of hydrogen-bond acceptors (Lipinski definition) is 3. The van der Waals surface area contributed by atoms with Gasteiger partial charge in [-0.3, -0.25) is 4.84 Å². The molecule has 0 aromatic rings. The Kier molecular flexibility index (Phi) is 1.14. The van der Waals surface area contributed by atoms with Crippen LogP contribution in [0.5, 0.6) is 0 Å². The molecule has 1 aliphatic heterocycles. The van der Waals surface area contributed by atoms with Crippen molar-refractivity contribution in [3.8, 4) is 0 Å². The third kappa shape index (κ3) is 0.792. The Morgan fingerprint density at radius 2 is 2.80 bits per heavy atom. The lowest BCUT2D eigenvalue weighted by molar-refractivity contribution is 0.133. The van der Waals surface area contributed by atoms with Gasteiger partial charge >= 0.3 is 0 Å². The summed E-state index contributed by atoms with van der Waals surface area (Å²) in [6, 6.07) is 0. The average Bonchev–Trinajstić information content (AvgIpc) is 1.76. The molecule has 3 heteroatoms. The van der Waals surface area contributed by atoms with Crippen LogP contribution in [0, 0.1) is 0 Å². The normalized spacial score (nSPS) is 24.0. The zero-order chi connectivity index (χ0) is 3.54. The van der Waals surface area contributed by atoms with E-state index in [1.165, 1.54) is 0 Å². The Balaban J connectivity index is 2.08. The summed E-state index contributed by atoms with van der Waals surface area (Å²) in [5.41, 5.74) is 0. The first kappa shape index (κ1) is 3.46. The summed E-state index contributed by atoms with van der Waals surface area (Å²) in [5.74, 6) is 1.08. The molecule has 1 N–H and O–H groups in total. The van der Waals surface area contributed by atoms with Crippen LogP contribution < -0.4 is 4.89 Å². The standard InChI is InChI=1S/C2H5NOS/c1-2-5-3-4-1/h3H,1-2H2. The van der Waals surface area contributed by atoms with Crippen LogP contribution in [0.1, 0.15) is 0 Å². The van der Waals surface area contributed by atoms with E-state index >= 15 is 0 Å². The monoisotopic (exact) mass is 91.0 g/mol. The number of hydrogen-bond donors (Lipinski definition) is 1. The Labute approximate surface area is 35.0 Å². The second-order valence-corrected chi connectivity index (χ2v) is 1.64. The number of nitrogens with one attached hydrogen (secondary N) is 1. The van der Waals surface area contributed by atoms with E-state index in [9.17, 15) is 0 Å². The van der Waals surface area contributed by atoms with E-state index in [4.69, 9.17) is 0 Å². The predicted octanol–water partition coefficient (Wildman–Crippen LogP) is 0.169. The molecule has 1 aliphatic rings. The van der Waals surface area contributed by atoms with E-state index in [0.29, 0.717) is 0 Å². The SMILES string of the molecule is C1CSNO1. The minimum Gasteiger partial charge on any atom is -0.290 e. The van der Waals surface area contributed by atoms with Crippen molar-refractivity contribution in [3.05, 3.63) is 0 Å². The highest BCUT2D eigenvalue weighted by molar-refractivity contribution is 7.97. The van der Waals surface area contributed by atoms with Crippen molar-refractivity contribution >= 4 is 11.9 Å². The van der Waals surface area contributed by atoms with Gasteiger partial charge in [0.2, 0.25) is 0 Å². The molecule has 1 fully saturated rings. The highest BCUT2D eigenvalue weighted by Crippen LogP contribution is 1.98. The van der Waals surface area contributed by atoms with Crippen LogP contribution in [-0.2, 0) is 4.84 Å². The molecule has 30 valence electrons. The predicted molar refractivity (Wildman–Crippen MR) is 21.5 cm³/mol. The maximum Gasteiger partial charge on any atom is 0.0797 e. The Hall–Kier alpha value is 0.270. The average molecular weight is 91.1 g/mol. The van der Waals surface area contributed by atoms with Gasteiger partial charge in [0, 0.05) is 5.75 Å². The second-order valence-electron chi connectivity index (χ2n) is 0.780. The molecule has 1 heterocycles. The second kappa shape index (κ2) is 1.64. The van der Waals surface area contributed by atoms with Gasteiger partial charge in [-0.15, -0.1) is 4.89 Å². The molecule has 5 heavy (non-hydrogen) atoms. The van der Waals surface area contributed by atoms with E-state index in [2.05, 4.69) is 9.72 Å². The van der Waals surface area contributed by atoms with Crippen LogP contribution >= 0.6 is 11.9 Å². The summed E-state index contributed by atoms with van der Waals surface area (Å²) < 4.78 is 0. The third-order valence-electron chi connectivity index (χ3n) is 0.405. The van der Waals surface area contributed by atoms with Crippen LogP contribution in [0.4, 0.5) is 0 Å². The highest BCUT2D eigenvalue weighted by Gasteiger charge is 1.94. The van der Waals surface area contributed by atoms with Gasteiger partial charge in [0.25, 0.3) is 0 Å². The summed E-state index contributed by atoms with van der Waals surface area (Å²) in [4.78, 5) is 7.30. The molecule has 0 aromatic carbocycles. The first-order valence-corrected chi connectivity index (χ1v) is 2.47. The van der Waals surface area contributed by atoms with Crippen molar-refractivity contribution in [1.29, 1.82) is 0 Å². The van der Waals surface area contributed by atoms with Crippen molar-refractivity contribution < 1.29 is 4.84 Å². The molecule has 0 aliphatic carbocycles. The van der Waals surface area contributed by atoms with Crippen LogP contribution in [0.3, 0.4) is 0 Å². The summed E-state index contributed by atoms with van der Waals surface area (Å²) in [5, 5.41) is 0. The smallest absolute Gasteiger partial charge is 0.0797 e. The molecular formula is C2H5NOS. The Bertz CT molecular complexity index is 21.2. The molecule has 0 unspecified atom stereocenters. The quantitative estimate of drug-likeness (QED) is 0.429. The van der Waals surface area contributed by atoms with Gasteiger partial charge in [0.1, 0.15) is 0 Å². The lowest BCUT2D eigenvalue weighted by atomic mass is 10.9. The van der Waals surface area contributed by atoms with Crippen LogP contribution in [0.15, 0.2) is 0 Å². The molecule has 0 saturated carbocycles. The van der Waals surface area contributed by atoms with Gasteiger partial charge in [-0.1, -0.05) is 11.9 Å². The minimum atomic E-state index is 0.852. The van der Waals surface area contributed by atoms with Crippen LogP contribution in [0.25, 0.3) is 0 Å². The highest BCUT2D eigenvalue weighted by atomic mass is 32.2. The first-order valence-electron chi connectivity index (χ1n) is 1.49. The number of rotatable bonds is 0. The van der Waals surface area contributed by atoms with Crippen molar-refractivity contribution in [1.82, 2.24) is 4.89 Å². The third-order valence-corrected chi connectivity index (χ3v) is 1.01. The fourth-order valence-electron chi connectivity index (χ4n) is 0.208. The maximum atomic E-state index is 4.66. The zero-order valence-corrected chi connectivity index (χ0v) is 3.55. The summed E-state index contributed by atoms with van der Waals surface area (Å²) in [6.45, 7) is 0.852. The Morgan fingerprint density at radius 1 is 1.80 bits per heavy atom. The van der Waals surface area contributed by atoms with Gasteiger partial charge in [0.05, 0.1) is 6.61 Å². The minimum absolute atomic E-state index is 0.852. The van der Waals surface area contributed by atoms with E-state index in [1.54, 1.807) is 11.9 Å². The fourth-order valence-corrected chi connectivity index (χ4v) is 0.625. The summed E-state index contributed by atoms with van der Waals surface area (Å²) >= 11 is 1.60. The van der Waals surface area contributed by atoms with E-state index < -0.39 is 0 Å². The molecule has 1 saturated heterocycles. The van der Waals surface area contributed by atoms with Crippen molar-refractivity contribution in [2.75, 3.05) is 12.4 Å². The van der Waals surface area contributed by atoms with E-state index in [-0.39, 0.29) is 0 Å². The first-order chi connectivity index (χ1) is 2.50. The lowest BCUT2D eigenvalue weighted by Gasteiger charge is -1.78.